The minimum Gasteiger partial charge on any atom is -0.439 e. The highest BCUT2D eigenvalue weighted by atomic mass is 16.5. The molecule has 5 heteroatoms. The van der Waals surface area contributed by atoms with E-state index in [0.717, 1.165) is 5.56 Å². The maximum absolute atomic E-state index is 11.4. The normalized spacial score (nSPS) is 10.4. The van der Waals surface area contributed by atoms with Gasteiger partial charge in [0.25, 0.3) is 5.56 Å². The summed E-state index contributed by atoms with van der Waals surface area (Å²) in [5.74, 6) is 1.50. The first-order chi connectivity index (χ1) is 9.21. The molecular weight excluding hydrogens is 244 g/mol. The van der Waals surface area contributed by atoms with Crippen molar-refractivity contribution in [2.75, 3.05) is 6.61 Å². The highest BCUT2D eigenvalue weighted by Crippen LogP contribution is 2.18. The van der Waals surface area contributed by atoms with Crippen molar-refractivity contribution in [1.82, 2.24) is 9.97 Å². The third-order valence-corrected chi connectivity index (χ3v) is 2.65. The Morgan fingerprint density at radius 1 is 1.32 bits per heavy atom. The van der Waals surface area contributed by atoms with E-state index in [0.29, 0.717) is 24.4 Å². The van der Waals surface area contributed by atoms with Crippen LogP contribution in [0.25, 0.3) is 0 Å². The smallest absolute Gasteiger partial charge is 0.254 e. The minimum atomic E-state index is -0.223. The molecule has 0 bridgehead atoms. The van der Waals surface area contributed by atoms with E-state index in [2.05, 4.69) is 9.97 Å². The molecule has 1 aromatic heterocycles. The Morgan fingerprint density at radius 3 is 2.68 bits per heavy atom. The lowest BCUT2D eigenvalue weighted by Crippen LogP contribution is -2.10. The van der Waals surface area contributed by atoms with E-state index < -0.39 is 0 Å². The van der Waals surface area contributed by atoms with Gasteiger partial charge in [0, 0.05) is 13.0 Å². The Labute approximate surface area is 110 Å². The van der Waals surface area contributed by atoms with Crippen molar-refractivity contribution in [3.8, 4) is 11.6 Å². The average Bonchev–Trinajstić information content (AvgIpc) is 2.40. The van der Waals surface area contributed by atoms with Gasteiger partial charge in [-0.2, -0.15) is 4.98 Å². The maximum Gasteiger partial charge on any atom is 0.254 e. The number of benzene rings is 1. The Hall–Kier alpha value is -2.14. The number of H-pyrrole nitrogens is 1. The molecule has 0 fully saturated rings. The number of aliphatic hydroxyl groups excluding tert-OH is 1. The molecule has 0 spiro atoms. The minimum absolute atomic E-state index is 0.121. The molecule has 2 rings (SSSR count). The van der Waals surface area contributed by atoms with Gasteiger partial charge in [0.1, 0.15) is 11.6 Å². The molecule has 0 atom stereocenters. The quantitative estimate of drug-likeness (QED) is 0.857. The number of aromatic nitrogens is 2. The molecule has 0 saturated carbocycles. The van der Waals surface area contributed by atoms with Gasteiger partial charge in [-0.05, 0) is 24.1 Å². The van der Waals surface area contributed by atoms with Crippen LogP contribution in [-0.4, -0.2) is 21.7 Å². The Balaban J connectivity index is 2.16. The third kappa shape index (κ3) is 3.66. The van der Waals surface area contributed by atoms with Gasteiger partial charge in [-0.3, -0.25) is 4.79 Å². The van der Waals surface area contributed by atoms with Crippen LogP contribution in [0.1, 0.15) is 18.3 Å². The zero-order valence-electron chi connectivity index (χ0n) is 10.7. The van der Waals surface area contributed by atoms with Gasteiger partial charge in [0.2, 0.25) is 5.88 Å². The number of hydrogen-bond acceptors (Lipinski definition) is 4. The Morgan fingerprint density at radius 2 is 2.05 bits per heavy atom. The second kappa shape index (κ2) is 6.15. The lowest BCUT2D eigenvalue weighted by atomic mass is 10.1. The number of aryl methyl sites for hydroxylation is 1. The third-order valence-electron chi connectivity index (χ3n) is 2.65. The van der Waals surface area contributed by atoms with Crippen molar-refractivity contribution in [2.24, 2.45) is 0 Å². The first-order valence-electron chi connectivity index (χ1n) is 6.19. The Bertz CT molecular complexity index is 590. The summed E-state index contributed by atoms with van der Waals surface area (Å²) >= 11 is 0. The number of aromatic amines is 1. The number of rotatable bonds is 5. The highest BCUT2D eigenvalue weighted by molar-refractivity contribution is 5.30. The van der Waals surface area contributed by atoms with Gasteiger partial charge in [0.15, 0.2) is 0 Å². The standard InChI is InChI=1S/C14H16N2O3/c1-2-12-15-13(18)9-14(16-12)19-11-5-3-10(4-6-11)7-8-17/h3-6,9,17H,2,7-8H2,1H3,(H,15,16,18). The van der Waals surface area contributed by atoms with Crippen LogP contribution in [0.3, 0.4) is 0 Å². The fourth-order valence-electron chi connectivity index (χ4n) is 1.68. The fourth-order valence-corrected chi connectivity index (χ4v) is 1.68. The van der Waals surface area contributed by atoms with Gasteiger partial charge in [-0.15, -0.1) is 0 Å². The number of hydrogen-bond donors (Lipinski definition) is 2. The zero-order valence-corrected chi connectivity index (χ0v) is 10.7. The molecule has 0 aliphatic carbocycles. The molecule has 100 valence electrons. The van der Waals surface area contributed by atoms with Crippen LogP contribution in [0.15, 0.2) is 35.1 Å². The molecule has 0 radical (unpaired) electrons. The van der Waals surface area contributed by atoms with Crippen molar-refractivity contribution < 1.29 is 9.84 Å². The molecule has 5 nitrogen and oxygen atoms in total. The van der Waals surface area contributed by atoms with E-state index in [9.17, 15) is 4.79 Å². The number of nitrogens with one attached hydrogen (secondary N) is 1. The molecule has 0 saturated heterocycles. The summed E-state index contributed by atoms with van der Waals surface area (Å²) in [6.45, 7) is 2.03. The summed E-state index contributed by atoms with van der Waals surface area (Å²) in [5.41, 5.74) is 0.807. The lowest BCUT2D eigenvalue weighted by molar-refractivity contribution is 0.299. The van der Waals surface area contributed by atoms with E-state index in [1.165, 1.54) is 6.07 Å². The average molecular weight is 260 g/mol. The lowest BCUT2D eigenvalue weighted by Gasteiger charge is -2.06. The summed E-state index contributed by atoms with van der Waals surface area (Å²) in [5, 5.41) is 8.83. The summed E-state index contributed by atoms with van der Waals surface area (Å²) in [7, 11) is 0. The first-order valence-corrected chi connectivity index (χ1v) is 6.19. The predicted octanol–water partition coefficient (Wildman–Crippen LogP) is 1.66. The second-order valence-electron chi connectivity index (χ2n) is 4.10. The van der Waals surface area contributed by atoms with Crippen LogP contribution in [0, 0.1) is 0 Å². The summed E-state index contributed by atoms with van der Waals surface area (Å²) < 4.78 is 5.54. The van der Waals surface area contributed by atoms with E-state index in [4.69, 9.17) is 9.84 Å². The second-order valence-corrected chi connectivity index (χ2v) is 4.10. The van der Waals surface area contributed by atoms with Crippen LogP contribution in [0.2, 0.25) is 0 Å². The molecule has 19 heavy (non-hydrogen) atoms. The number of nitrogens with zero attached hydrogens (tertiary/aromatic N) is 1. The molecule has 0 aliphatic rings. The molecule has 1 heterocycles. The zero-order chi connectivity index (χ0) is 13.7. The van der Waals surface area contributed by atoms with E-state index in [-0.39, 0.29) is 18.0 Å². The fraction of sp³-hybridized carbons (Fsp3) is 0.286. The summed E-state index contributed by atoms with van der Waals surface area (Å²) in [6.07, 6.45) is 1.26. The molecule has 2 N–H and O–H groups in total. The van der Waals surface area contributed by atoms with Crippen LogP contribution in [0.5, 0.6) is 11.6 Å². The van der Waals surface area contributed by atoms with Crippen molar-refractivity contribution in [3.05, 3.63) is 52.1 Å². The predicted molar refractivity (Wildman–Crippen MR) is 71.5 cm³/mol. The molecule has 2 aromatic rings. The molecule has 0 amide bonds. The van der Waals surface area contributed by atoms with Crippen molar-refractivity contribution >= 4 is 0 Å². The molecular formula is C14H16N2O3. The van der Waals surface area contributed by atoms with Crippen LogP contribution < -0.4 is 10.3 Å². The van der Waals surface area contributed by atoms with Crippen LogP contribution in [-0.2, 0) is 12.8 Å². The van der Waals surface area contributed by atoms with Gasteiger partial charge >= 0.3 is 0 Å². The van der Waals surface area contributed by atoms with Crippen molar-refractivity contribution in [3.63, 3.8) is 0 Å². The maximum atomic E-state index is 11.4. The largest absolute Gasteiger partial charge is 0.439 e. The van der Waals surface area contributed by atoms with E-state index >= 15 is 0 Å². The van der Waals surface area contributed by atoms with Gasteiger partial charge in [-0.25, -0.2) is 0 Å². The van der Waals surface area contributed by atoms with E-state index in [1.807, 2.05) is 19.1 Å². The van der Waals surface area contributed by atoms with Crippen LogP contribution in [0.4, 0.5) is 0 Å². The highest BCUT2D eigenvalue weighted by Gasteiger charge is 2.03. The first kappa shape index (κ1) is 13.3. The summed E-state index contributed by atoms with van der Waals surface area (Å²) in [4.78, 5) is 18.2. The summed E-state index contributed by atoms with van der Waals surface area (Å²) in [6, 6.07) is 8.65. The Kier molecular flexibility index (Phi) is 4.30. The van der Waals surface area contributed by atoms with Gasteiger partial charge < -0.3 is 14.8 Å². The molecule has 1 aromatic carbocycles. The van der Waals surface area contributed by atoms with Gasteiger partial charge in [-0.1, -0.05) is 19.1 Å². The van der Waals surface area contributed by atoms with Gasteiger partial charge in [0.05, 0.1) is 6.07 Å². The van der Waals surface area contributed by atoms with Crippen LogP contribution >= 0.6 is 0 Å². The SMILES string of the molecule is CCc1nc(Oc2ccc(CCO)cc2)cc(=O)[nH]1. The topological polar surface area (TPSA) is 75.2 Å². The number of aliphatic hydroxyl groups is 1. The van der Waals surface area contributed by atoms with Crippen molar-refractivity contribution in [2.45, 2.75) is 19.8 Å². The number of ether oxygens (including phenoxy) is 1. The monoisotopic (exact) mass is 260 g/mol. The molecule has 0 aliphatic heterocycles. The molecule has 0 unspecified atom stereocenters. The van der Waals surface area contributed by atoms with E-state index in [1.54, 1.807) is 12.1 Å². The van der Waals surface area contributed by atoms with Crippen molar-refractivity contribution in [1.29, 1.82) is 0 Å².